The Morgan fingerprint density at radius 2 is 1.83 bits per heavy atom. The van der Waals surface area contributed by atoms with Gasteiger partial charge in [0.25, 0.3) is 0 Å². The molecular weight excluding hydrogens is 381 g/mol. The summed E-state index contributed by atoms with van der Waals surface area (Å²) in [5.74, 6) is 0.302. The van der Waals surface area contributed by atoms with Gasteiger partial charge in [0, 0.05) is 12.0 Å². The van der Waals surface area contributed by atoms with Crippen molar-refractivity contribution in [3.63, 3.8) is 0 Å². The molecule has 1 unspecified atom stereocenters. The van der Waals surface area contributed by atoms with E-state index < -0.39 is 23.7 Å². The van der Waals surface area contributed by atoms with Crippen LogP contribution in [0.4, 0.5) is 13.2 Å². The lowest BCUT2D eigenvalue weighted by molar-refractivity contribution is -0.203. The van der Waals surface area contributed by atoms with Gasteiger partial charge >= 0.3 is 6.18 Å². The van der Waals surface area contributed by atoms with Crippen LogP contribution in [0.3, 0.4) is 0 Å². The van der Waals surface area contributed by atoms with Crippen LogP contribution in [0.15, 0.2) is 36.4 Å². The Morgan fingerprint density at radius 3 is 2.45 bits per heavy atom. The molecule has 1 heterocycles. The van der Waals surface area contributed by atoms with Crippen LogP contribution in [0.25, 0.3) is 10.8 Å². The largest absolute Gasteiger partial charge is 0.494 e. The predicted octanol–water partition coefficient (Wildman–Crippen LogP) is 5.53. The fourth-order valence-corrected chi connectivity index (χ4v) is 3.75. The van der Waals surface area contributed by atoms with Crippen LogP contribution < -0.4 is 10.2 Å². The van der Waals surface area contributed by atoms with Crippen molar-refractivity contribution in [1.82, 2.24) is 10.4 Å². The molecule has 1 N–H and O–H groups in total. The SMILES string of the molecule is CCCCCOc1ccc2cc(C(N3NC(=O)CC3(C)C)C(F)(F)F)ccc2c1. The number of hydrogen-bond donors (Lipinski definition) is 1. The Kier molecular flexibility index (Phi) is 6.08. The zero-order chi connectivity index (χ0) is 21.2. The molecule has 0 saturated carbocycles. The quantitative estimate of drug-likeness (QED) is 0.613. The minimum atomic E-state index is -4.54. The molecule has 1 aliphatic heterocycles. The third-order valence-corrected chi connectivity index (χ3v) is 5.23. The van der Waals surface area contributed by atoms with Gasteiger partial charge in [-0.25, -0.2) is 0 Å². The van der Waals surface area contributed by atoms with E-state index in [9.17, 15) is 18.0 Å². The second kappa shape index (κ2) is 8.22. The molecule has 0 bridgehead atoms. The van der Waals surface area contributed by atoms with Gasteiger partial charge in [0.1, 0.15) is 5.75 Å². The van der Waals surface area contributed by atoms with Crippen LogP contribution in [0.2, 0.25) is 0 Å². The zero-order valence-electron chi connectivity index (χ0n) is 17.0. The minimum Gasteiger partial charge on any atom is -0.494 e. The molecule has 1 amide bonds. The van der Waals surface area contributed by atoms with Gasteiger partial charge in [-0.2, -0.15) is 18.2 Å². The van der Waals surface area contributed by atoms with Crippen LogP contribution in [0.1, 0.15) is 58.1 Å². The maximum atomic E-state index is 14.0. The second-order valence-electron chi connectivity index (χ2n) is 8.16. The number of alkyl halides is 3. The monoisotopic (exact) mass is 408 g/mol. The fraction of sp³-hybridized carbons (Fsp3) is 0.500. The number of carbonyl (C=O) groups is 1. The summed E-state index contributed by atoms with van der Waals surface area (Å²) < 4.78 is 47.7. The van der Waals surface area contributed by atoms with E-state index in [0.717, 1.165) is 29.7 Å². The average molecular weight is 408 g/mol. The molecule has 1 fully saturated rings. The first kappa shape index (κ1) is 21.4. The maximum Gasteiger partial charge on any atom is 0.409 e. The van der Waals surface area contributed by atoms with E-state index in [2.05, 4.69) is 12.3 Å². The number of hydrazine groups is 1. The molecule has 2 aromatic rings. The molecule has 4 nitrogen and oxygen atoms in total. The summed E-state index contributed by atoms with van der Waals surface area (Å²) in [6.07, 6.45) is -1.34. The summed E-state index contributed by atoms with van der Waals surface area (Å²) in [5.41, 5.74) is 1.55. The lowest BCUT2D eigenvalue weighted by atomic mass is 9.95. The van der Waals surface area contributed by atoms with Crippen LogP contribution >= 0.6 is 0 Å². The van der Waals surface area contributed by atoms with Crippen molar-refractivity contribution < 1.29 is 22.7 Å². The molecule has 1 atom stereocenters. The third-order valence-electron chi connectivity index (χ3n) is 5.23. The standard InChI is InChI=1S/C22H27F3N2O2/c1-4-5-6-11-29-18-10-9-15-12-17(8-7-16(15)13-18)20(22(23,24)25)27-21(2,3)14-19(28)26-27/h7-10,12-13,20H,4-6,11,14H2,1-3H3,(H,26,28). The van der Waals surface area contributed by atoms with Crippen LogP contribution in [0.5, 0.6) is 5.75 Å². The molecule has 1 saturated heterocycles. The summed E-state index contributed by atoms with van der Waals surface area (Å²) in [7, 11) is 0. The average Bonchev–Trinajstić information content (AvgIpc) is 2.89. The number of nitrogens with zero attached hydrogens (tertiary/aromatic N) is 1. The molecule has 7 heteroatoms. The summed E-state index contributed by atoms with van der Waals surface area (Å²) in [4.78, 5) is 11.8. The Bertz CT molecular complexity index is 880. The lowest BCUT2D eigenvalue weighted by Gasteiger charge is -2.38. The lowest BCUT2D eigenvalue weighted by Crippen LogP contribution is -2.51. The summed E-state index contributed by atoms with van der Waals surface area (Å²) in [6.45, 7) is 6.01. The van der Waals surface area contributed by atoms with E-state index in [0.29, 0.717) is 17.7 Å². The van der Waals surface area contributed by atoms with Gasteiger partial charge in [-0.3, -0.25) is 10.2 Å². The highest BCUT2D eigenvalue weighted by Crippen LogP contribution is 2.43. The van der Waals surface area contributed by atoms with E-state index in [1.165, 1.54) is 12.1 Å². The third kappa shape index (κ3) is 4.83. The Labute approximate surface area is 169 Å². The first-order valence-electron chi connectivity index (χ1n) is 9.94. The van der Waals surface area contributed by atoms with Gasteiger partial charge in [0.2, 0.25) is 5.91 Å². The Hall–Kier alpha value is -2.28. The fourth-order valence-electron chi connectivity index (χ4n) is 3.75. The van der Waals surface area contributed by atoms with Crippen LogP contribution in [-0.4, -0.2) is 29.2 Å². The highest BCUT2D eigenvalue weighted by atomic mass is 19.4. The van der Waals surface area contributed by atoms with E-state index in [1.54, 1.807) is 32.0 Å². The van der Waals surface area contributed by atoms with Gasteiger partial charge in [-0.15, -0.1) is 0 Å². The number of carbonyl (C=O) groups excluding carboxylic acids is 1. The molecule has 0 radical (unpaired) electrons. The smallest absolute Gasteiger partial charge is 0.409 e. The van der Waals surface area contributed by atoms with Gasteiger partial charge in [-0.1, -0.05) is 38.0 Å². The van der Waals surface area contributed by atoms with Gasteiger partial charge in [-0.05, 0) is 54.8 Å². The highest BCUT2D eigenvalue weighted by Gasteiger charge is 2.52. The summed E-state index contributed by atoms with van der Waals surface area (Å²) in [5, 5.41) is 2.54. The zero-order valence-corrected chi connectivity index (χ0v) is 17.0. The van der Waals surface area contributed by atoms with Crippen molar-refractivity contribution in [3.05, 3.63) is 42.0 Å². The number of fused-ring (bicyclic) bond motifs is 1. The van der Waals surface area contributed by atoms with Gasteiger partial charge < -0.3 is 4.74 Å². The number of rotatable bonds is 7. The molecule has 158 valence electrons. The Morgan fingerprint density at radius 1 is 1.14 bits per heavy atom. The van der Waals surface area contributed by atoms with Crippen molar-refractivity contribution >= 4 is 16.7 Å². The van der Waals surface area contributed by atoms with Crippen molar-refractivity contribution in [2.45, 2.75) is 64.2 Å². The molecule has 2 aromatic carbocycles. The highest BCUT2D eigenvalue weighted by molar-refractivity contribution is 5.85. The van der Waals surface area contributed by atoms with E-state index in [1.807, 2.05) is 6.07 Å². The molecule has 3 rings (SSSR count). The number of benzene rings is 2. The predicted molar refractivity (Wildman–Crippen MR) is 106 cm³/mol. The summed E-state index contributed by atoms with van der Waals surface area (Å²) >= 11 is 0. The van der Waals surface area contributed by atoms with Crippen LogP contribution in [-0.2, 0) is 4.79 Å². The normalized spacial score (nSPS) is 18.1. The molecule has 0 aliphatic carbocycles. The van der Waals surface area contributed by atoms with Crippen molar-refractivity contribution in [2.24, 2.45) is 0 Å². The number of nitrogens with one attached hydrogen (secondary N) is 1. The van der Waals surface area contributed by atoms with Crippen molar-refractivity contribution in [2.75, 3.05) is 6.61 Å². The molecule has 29 heavy (non-hydrogen) atoms. The van der Waals surface area contributed by atoms with Crippen LogP contribution in [0, 0.1) is 0 Å². The van der Waals surface area contributed by atoms with Crippen molar-refractivity contribution in [1.29, 1.82) is 0 Å². The van der Waals surface area contributed by atoms with E-state index >= 15 is 0 Å². The molecular formula is C22H27F3N2O2. The number of halogens is 3. The molecule has 0 aromatic heterocycles. The van der Waals surface area contributed by atoms with E-state index in [-0.39, 0.29) is 12.0 Å². The van der Waals surface area contributed by atoms with Gasteiger partial charge in [0.05, 0.1) is 6.61 Å². The first-order chi connectivity index (χ1) is 13.6. The maximum absolute atomic E-state index is 14.0. The Balaban J connectivity index is 1.89. The number of unbranched alkanes of at least 4 members (excludes halogenated alkanes) is 2. The minimum absolute atomic E-state index is 0.0197. The first-order valence-corrected chi connectivity index (χ1v) is 9.94. The van der Waals surface area contributed by atoms with Crippen molar-refractivity contribution in [3.8, 4) is 5.75 Å². The van der Waals surface area contributed by atoms with E-state index in [4.69, 9.17) is 4.74 Å². The van der Waals surface area contributed by atoms with Gasteiger partial charge in [0.15, 0.2) is 6.04 Å². The number of amides is 1. The summed E-state index contributed by atoms with van der Waals surface area (Å²) in [6, 6.07) is 8.16. The number of hydrogen-bond acceptors (Lipinski definition) is 3. The number of ether oxygens (including phenoxy) is 1. The topological polar surface area (TPSA) is 41.6 Å². The molecule has 1 aliphatic rings. The second-order valence-corrected chi connectivity index (χ2v) is 8.16. The molecule has 0 spiro atoms.